The number of anilines is 1. The highest BCUT2D eigenvalue weighted by Gasteiger charge is 2.21. The van der Waals surface area contributed by atoms with E-state index in [0.717, 1.165) is 44.8 Å². The fourth-order valence-corrected chi connectivity index (χ4v) is 3.57. The van der Waals surface area contributed by atoms with Gasteiger partial charge in [-0.25, -0.2) is 4.79 Å². The summed E-state index contributed by atoms with van der Waals surface area (Å²) >= 11 is 6.37. The topological polar surface area (TPSA) is 70.7 Å². The summed E-state index contributed by atoms with van der Waals surface area (Å²) in [6, 6.07) is 9.62. The first-order valence-corrected chi connectivity index (χ1v) is 9.78. The second kappa shape index (κ2) is 9.77. The number of H-pyrrole nitrogens is 1. The van der Waals surface area contributed by atoms with E-state index >= 15 is 0 Å². The van der Waals surface area contributed by atoms with Gasteiger partial charge in [0.15, 0.2) is 3.95 Å². The van der Waals surface area contributed by atoms with Crippen molar-refractivity contribution >= 4 is 34.8 Å². The van der Waals surface area contributed by atoms with E-state index in [-0.39, 0.29) is 6.61 Å². The number of nitrogens with one attached hydrogen (secondary N) is 1. The van der Waals surface area contributed by atoms with E-state index in [2.05, 4.69) is 15.1 Å². The maximum atomic E-state index is 12.6. The Hall–Kier alpha value is -1.81. The fourth-order valence-electron chi connectivity index (χ4n) is 2.68. The van der Waals surface area contributed by atoms with Gasteiger partial charge in [0.05, 0.1) is 13.2 Å². The third-order valence-corrected chi connectivity index (χ3v) is 5.16. The van der Waals surface area contributed by atoms with Crippen LogP contribution in [0.4, 0.5) is 9.93 Å². The summed E-state index contributed by atoms with van der Waals surface area (Å²) < 4.78 is 11.4. The highest BCUT2D eigenvalue weighted by Crippen LogP contribution is 2.19. The zero-order valence-corrected chi connectivity index (χ0v) is 16.1. The molecule has 1 aromatic carbocycles. The van der Waals surface area contributed by atoms with Crippen LogP contribution in [-0.2, 0) is 16.1 Å². The Morgan fingerprint density at radius 1 is 1.35 bits per heavy atom. The number of hydrogen-bond donors (Lipinski definition) is 1. The second-order valence-electron chi connectivity index (χ2n) is 5.90. The quantitative estimate of drug-likeness (QED) is 0.728. The average Bonchev–Trinajstić information content (AvgIpc) is 3.11. The van der Waals surface area contributed by atoms with Crippen LogP contribution < -0.4 is 4.90 Å². The Kier molecular flexibility index (Phi) is 7.13. The van der Waals surface area contributed by atoms with Crippen LogP contribution >= 0.6 is 23.6 Å². The predicted molar refractivity (Wildman–Crippen MR) is 103 cm³/mol. The molecule has 2 heterocycles. The Bertz CT molecular complexity index is 744. The molecule has 1 aliphatic rings. The van der Waals surface area contributed by atoms with Crippen LogP contribution in [0, 0.1) is 3.95 Å². The number of aromatic amines is 1. The molecule has 0 aliphatic carbocycles. The summed E-state index contributed by atoms with van der Waals surface area (Å²) in [4.78, 5) is 16.5. The molecule has 1 amide bonds. The Balaban J connectivity index is 1.57. The van der Waals surface area contributed by atoms with Crippen LogP contribution in [0.2, 0.25) is 0 Å². The molecule has 0 unspecified atom stereocenters. The number of rotatable bonds is 7. The molecule has 1 fully saturated rings. The number of amides is 1. The summed E-state index contributed by atoms with van der Waals surface area (Å²) in [6.45, 7) is 5.06. The molecular formula is C17H22N4O3S2. The normalized spacial score (nSPS) is 14.9. The van der Waals surface area contributed by atoms with Crippen LogP contribution in [0.3, 0.4) is 0 Å². The Labute approximate surface area is 161 Å². The molecule has 140 valence electrons. The van der Waals surface area contributed by atoms with Crippen molar-refractivity contribution in [3.05, 3.63) is 39.8 Å². The van der Waals surface area contributed by atoms with Crippen molar-refractivity contribution in [3.63, 3.8) is 0 Å². The zero-order chi connectivity index (χ0) is 18.2. The highest BCUT2D eigenvalue weighted by molar-refractivity contribution is 7.73. The number of ether oxygens (including phenoxy) is 2. The summed E-state index contributed by atoms with van der Waals surface area (Å²) in [5.74, 6) is 0. The summed E-state index contributed by atoms with van der Waals surface area (Å²) in [5.41, 5.74) is 0.948. The molecule has 1 aliphatic heterocycles. The first-order chi connectivity index (χ1) is 12.7. The number of morpholine rings is 1. The van der Waals surface area contributed by atoms with Gasteiger partial charge in [-0.1, -0.05) is 41.7 Å². The van der Waals surface area contributed by atoms with Crippen LogP contribution in [0.1, 0.15) is 12.0 Å². The lowest BCUT2D eigenvalue weighted by atomic mass is 10.2. The number of carbonyl (C=O) groups is 1. The van der Waals surface area contributed by atoms with E-state index in [1.54, 1.807) is 4.90 Å². The highest BCUT2D eigenvalue weighted by atomic mass is 32.1. The molecule has 26 heavy (non-hydrogen) atoms. The standard InChI is InChI=1S/C17H22N4O3S2/c22-17(24-13-14-5-2-1-3-6-14)21(15-18-19-16(25)26-15)8-4-7-20-9-11-23-12-10-20/h1-3,5-6H,4,7-13H2,(H,19,25). The van der Waals surface area contributed by atoms with Crippen LogP contribution in [0.15, 0.2) is 30.3 Å². The Morgan fingerprint density at radius 3 is 2.81 bits per heavy atom. The second-order valence-corrected chi connectivity index (χ2v) is 7.54. The molecule has 0 bridgehead atoms. The molecule has 0 saturated carbocycles. The van der Waals surface area contributed by atoms with E-state index in [9.17, 15) is 4.79 Å². The van der Waals surface area contributed by atoms with E-state index in [4.69, 9.17) is 21.7 Å². The Morgan fingerprint density at radius 2 is 2.12 bits per heavy atom. The molecule has 1 N–H and O–H groups in total. The number of aromatic nitrogens is 2. The van der Waals surface area contributed by atoms with Gasteiger partial charge in [0, 0.05) is 26.2 Å². The largest absolute Gasteiger partial charge is 0.444 e. The molecule has 0 spiro atoms. The van der Waals surface area contributed by atoms with Gasteiger partial charge in [-0.15, -0.1) is 5.10 Å². The molecular weight excluding hydrogens is 372 g/mol. The minimum atomic E-state index is -0.409. The third kappa shape index (κ3) is 5.60. The van der Waals surface area contributed by atoms with Crippen molar-refractivity contribution < 1.29 is 14.3 Å². The summed E-state index contributed by atoms with van der Waals surface area (Å²) in [7, 11) is 0. The number of hydrogen-bond acceptors (Lipinski definition) is 7. The third-order valence-electron chi connectivity index (χ3n) is 4.04. The summed E-state index contributed by atoms with van der Waals surface area (Å²) in [6.07, 6.45) is 0.417. The van der Waals surface area contributed by atoms with Gasteiger partial charge in [-0.05, 0) is 24.2 Å². The first-order valence-electron chi connectivity index (χ1n) is 8.56. The van der Waals surface area contributed by atoms with E-state index in [1.165, 1.54) is 11.3 Å². The minimum Gasteiger partial charge on any atom is -0.444 e. The van der Waals surface area contributed by atoms with Crippen molar-refractivity contribution in [3.8, 4) is 0 Å². The minimum absolute atomic E-state index is 0.232. The van der Waals surface area contributed by atoms with Crippen molar-refractivity contribution in [1.82, 2.24) is 15.1 Å². The van der Waals surface area contributed by atoms with Crippen LogP contribution in [-0.4, -0.2) is 60.6 Å². The predicted octanol–water partition coefficient (Wildman–Crippen LogP) is 3.07. The first kappa shape index (κ1) is 19.0. The molecule has 0 atom stereocenters. The van der Waals surface area contributed by atoms with Crippen molar-refractivity contribution in [2.45, 2.75) is 13.0 Å². The van der Waals surface area contributed by atoms with Crippen molar-refractivity contribution in [2.24, 2.45) is 0 Å². The number of benzene rings is 1. The van der Waals surface area contributed by atoms with Gasteiger partial charge < -0.3 is 9.47 Å². The fraction of sp³-hybridized carbons (Fsp3) is 0.471. The molecule has 7 nitrogen and oxygen atoms in total. The SMILES string of the molecule is O=C(OCc1ccccc1)N(CCCN1CCOCC1)c1n[nH]c(=S)s1. The van der Waals surface area contributed by atoms with Gasteiger partial charge in [-0.3, -0.25) is 14.9 Å². The lowest BCUT2D eigenvalue weighted by Crippen LogP contribution is -2.39. The smallest absolute Gasteiger partial charge is 0.416 e. The van der Waals surface area contributed by atoms with Gasteiger partial charge in [0.25, 0.3) is 0 Å². The lowest BCUT2D eigenvalue weighted by molar-refractivity contribution is 0.0376. The maximum Gasteiger partial charge on any atom is 0.416 e. The van der Waals surface area contributed by atoms with Crippen LogP contribution in [0.5, 0.6) is 0 Å². The summed E-state index contributed by atoms with van der Waals surface area (Å²) in [5, 5.41) is 7.40. The zero-order valence-electron chi connectivity index (χ0n) is 14.4. The van der Waals surface area contributed by atoms with E-state index < -0.39 is 6.09 Å². The maximum absolute atomic E-state index is 12.6. The molecule has 1 saturated heterocycles. The molecule has 3 rings (SSSR count). The van der Waals surface area contributed by atoms with Crippen LogP contribution in [0.25, 0.3) is 0 Å². The molecule has 2 aromatic rings. The monoisotopic (exact) mass is 394 g/mol. The van der Waals surface area contributed by atoms with E-state index in [1.807, 2.05) is 30.3 Å². The lowest BCUT2D eigenvalue weighted by Gasteiger charge is -2.27. The van der Waals surface area contributed by atoms with Gasteiger partial charge in [0.2, 0.25) is 5.13 Å². The van der Waals surface area contributed by atoms with Gasteiger partial charge >= 0.3 is 6.09 Å². The molecule has 0 radical (unpaired) electrons. The number of nitrogens with zero attached hydrogens (tertiary/aromatic N) is 3. The molecule has 9 heteroatoms. The van der Waals surface area contributed by atoms with Gasteiger partial charge in [0.1, 0.15) is 6.61 Å². The van der Waals surface area contributed by atoms with Gasteiger partial charge in [-0.2, -0.15) is 0 Å². The number of carbonyl (C=O) groups excluding carboxylic acids is 1. The average molecular weight is 395 g/mol. The van der Waals surface area contributed by atoms with Crippen molar-refractivity contribution in [1.29, 1.82) is 0 Å². The molecule has 1 aromatic heterocycles. The van der Waals surface area contributed by atoms with Crippen molar-refractivity contribution in [2.75, 3.05) is 44.3 Å². The van der Waals surface area contributed by atoms with E-state index in [0.29, 0.717) is 15.6 Å².